The van der Waals surface area contributed by atoms with E-state index in [1.165, 1.54) is 0 Å². The van der Waals surface area contributed by atoms with Crippen molar-refractivity contribution in [1.29, 1.82) is 0 Å². The van der Waals surface area contributed by atoms with Crippen molar-refractivity contribution >= 4 is 35.8 Å². The monoisotopic (exact) mass is 368 g/mol. The fourth-order valence-corrected chi connectivity index (χ4v) is 2.85. The molecular weight excluding hydrogens is 344 g/mol. The third-order valence-electron chi connectivity index (χ3n) is 4.32. The number of hydrogen-bond acceptors (Lipinski definition) is 4. The van der Waals surface area contributed by atoms with E-state index in [9.17, 15) is 14.4 Å². The van der Waals surface area contributed by atoms with Crippen LogP contribution in [0.15, 0.2) is 24.3 Å². The summed E-state index contributed by atoms with van der Waals surface area (Å²) in [5.41, 5.74) is 5.50. The molecule has 138 valence electrons. The van der Waals surface area contributed by atoms with Crippen LogP contribution < -0.4 is 21.7 Å². The van der Waals surface area contributed by atoms with E-state index in [-0.39, 0.29) is 37.2 Å². The molecule has 3 amide bonds. The highest BCUT2D eigenvalue weighted by Gasteiger charge is 2.39. The van der Waals surface area contributed by atoms with E-state index in [0.29, 0.717) is 17.7 Å². The Labute approximate surface area is 153 Å². The van der Waals surface area contributed by atoms with Gasteiger partial charge in [0.25, 0.3) is 5.91 Å². The number of hydrogen-bond donors (Lipinski definition) is 4. The summed E-state index contributed by atoms with van der Waals surface area (Å²) in [6.45, 7) is 3.01. The average Bonchev–Trinajstić information content (AvgIpc) is 3.05. The molecule has 5 N–H and O–H groups in total. The largest absolute Gasteiger partial charge is 0.370 e. The lowest BCUT2D eigenvalue weighted by Crippen LogP contribution is -2.50. The van der Waals surface area contributed by atoms with Crippen LogP contribution in [0, 0.1) is 0 Å². The number of benzene rings is 1. The molecule has 1 heterocycles. The predicted octanol–water partition coefficient (Wildman–Crippen LogP) is 1.18. The van der Waals surface area contributed by atoms with Gasteiger partial charge in [-0.05, 0) is 44.0 Å². The molecule has 0 spiro atoms. The van der Waals surface area contributed by atoms with Gasteiger partial charge in [-0.25, -0.2) is 0 Å². The minimum atomic E-state index is -0.528. The molecule has 0 aromatic heterocycles. The smallest absolute Gasteiger partial charge is 0.251 e. The van der Waals surface area contributed by atoms with Crippen molar-refractivity contribution in [2.75, 3.05) is 18.4 Å². The van der Waals surface area contributed by atoms with E-state index in [1.54, 1.807) is 24.3 Å². The van der Waals surface area contributed by atoms with Gasteiger partial charge >= 0.3 is 0 Å². The molecule has 1 aromatic carbocycles. The molecule has 1 fully saturated rings. The lowest BCUT2D eigenvalue weighted by Gasteiger charge is -2.26. The van der Waals surface area contributed by atoms with E-state index in [1.807, 2.05) is 6.92 Å². The van der Waals surface area contributed by atoms with Crippen molar-refractivity contribution in [3.63, 3.8) is 0 Å². The first-order chi connectivity index (χ1) is 11.5. The number of halogens is 1. The number of carbonyl (C=O) groups is 3. The summed E-state index contributed by atoms with van der Waals surface area (Å²) in [7, 11) is 0. The molecule has 8 heteroatoms. The SMILES string of the molecule is CCC1(C(=O)Nc2cccc(C(=O)NCCC(N)=O)c2)CCCN1.Cl. The molecule has 0 radical (unpaired) electrons. The number of carbonyl (C=O) groups excluding carboxylic acids is 3. The number of nitrogens with two attached hydrogens (primary N) is 1. The van der Waals surface area contributed by atoms with Crippen LogP contribution in [0.3, 0.4) is 0 Å². The van der Waals surface area contributed by atoms with Gasteiger partial charge in [0.15, 0.2) is 0 Å². The fourth-order valence-electron chi connectivity index (χ4n) is 2.85. The summed E-state index contributed by atoms with van der Waals surface area (Å²) in [6, 6.07) is 6.73. The average molecular weight is 369 g/mol. The van der Waals surface area contributed by atoms with E-state index >= 15 is 0 Å². The second-order valence-corrected chi connectivity index (χ2v) is 5.97. The minimum absolute atomic E-state index is 0. The summed E-state index contributed by atoms with van der Waals surface area (Å²) >= 11 is 0. The number of nitrogens with one attached hydrogen (secondary N) is 3. The molecule has 0 saturated carbocycles. The van der Waals surface area contributed by atoms with E-state index < -0.39 is 11.4 Å². The van der Waals surface area contributed by atoms with Crippen molar-refractivity contribution in [2.24, 2.45) is 5.73 Å². The van der Waals surface area contributed by atoms with Gasteiger partial charge in [-0.3, -0.25) is 14.4 Å². The van der Waals surface area contributed by atoms with E-state index in [4.69, 9.17) is 5.73 Å². The zero-order chi connectivity index (χ0) is 17.6. The highest BCUT2D eigenvalue weighted by molar-refractivity contribution is 6.00. The Morgan fingerprint density at radius 3 is 2.68 bits per heavy atom. The number of amides is 3. The highest BCUT2D eigenvalue weighted by Crippen LogP contribution is 2.25. The first-order valence-corrected chi connectivity index (χ1v) is 8.20. The van der Waals surface area contributed by atoms with Crippen LogP contribution in [0.1, 0.15) is 43.0 Å². The maximum atomic E-state index is 12.6. The molecule has 1 saturated heterocycles. The molecule has 0 aliphatic carbocycles. The van der Waals surface area contributed by atoms with Crippen LogP contribution in [0.2, 0.25) is 0 Å². The molecule has 2 rings (SSSR count). The lowest BCUT2D eigenvalue weighted by atomic mass is 9.93. The Balaban J connectivity index is 0.00000312. The lowest BCUT2D eigenvalue weighted by molar-refractivity contribution is -0.122. The standard InChI is InChI=1S/C17H24N4O3.ClH/c1-2-17(8-4-9-20-17)16(24)21-13-6-3-5-12(11-13)15(23)19-10-7-14(18)22;/h3,5-6,11,20H,2,4,7-10H2,1H3,(H2,18,22)(H,19,23)(H,21,24);1H. The van der Waals surface area contributed by atoms with Gasteiger partial charge in [0, 0.05) is 24.2 Å². The molecule has 1 aliphatic heterocycles. The van der Waals surface area contributed by atoms with E-state index in [0.717, 1.165) is 19.4 Å². The zero-order valence-corrected chi connectivity index (χ0v) is 15.1. The Kier molecular flexibility index (Phi) is 7.86. The van der Waals surface area contributed by atoms with Gasteiger partial charge in [-0.1, -0.05) is 13.0 Å². The summed E-state index contributed by atoms with van der Waals surface area (Å²) in [6.07, 6.45) is 2.59. The van der Waals surface area contributed by atoms with Crippen molar-refractivity contribution in [3.05, 3.63) is 29.8 Å². The topological polar surface area (TPSA) is 113 Å². The Morgan fingerprint density at radius 2 is 2.08 bits per heavy atom. The van der Waals surface area contributed by atoms with Crippen LogP contribution in [0.4, 0.5) is 5.69 Å². The van der Waals surface area contributed by atoms with Gasteiger partial charge in [0.2, 0.25) is 11.8 Å². The molecule has 1 unspecified atom stereocenters. The fraction of sp³-hybridized carbons (Fsp3) is 0.471. The maximum Gasteiger partial charge on any atom is 0.251 e. The summed E-state index contributed by atoms with van der Waals surface area (Å²) in [5, 5.41) is 8.79. The van der Waals surface area contributed by atoms with Crippen molar-refractivity contribution in [3.8, 4) is 0 Å². The molecular formula is C17H25ClN4O3. The van der Waals surface area contributed by atoms with Crippen LogP contribution in [-0.4, -0.2) is 36.3 Å². The van der Waals surface area contributed by atoms with Gasteiger partial charge < -0.3 is 21.7 Å². The van der Waals surface area contributed by atoms with Crippen LogP contribution >= 0.6 is 12.4 Å². The molecule has 1 atom stereocenters. The first kappa shape index (κ1) is 20.9. The van der Waals surface area contributed by atoms with E-state index in [2.05, 4.69) is 16.0 Å². The third-order valence-corrected chi connectivity index (χ3v) is 4.32. The van der Waals surface area contributed by atoms with Crippen LogP contribution in [0.5, 0.6) is 0 Å². The summed E-state index contributed by atoms with van der Waals surface area (Å²) in [5.74, 6) is -0.851. The third kappa shape index (κ3) is 5.44. The highest BCUT2D eigenvalue weighted by atomic mass is 35.5. The Morgan fingerprint density at radius 1 is 1.32 bits per heavy atom. The quantitative estimate of drug-likeness (QED) is 0.578. The first-order valence-electron chi connectivity index (χ1n) is 8.20. The zero-order valence-electron chi connectivity index (χ0n) is 14.3. The Hall–Kier alpha value is -2.12. The van der Waals surface area contributed by atoms with Crippen molar-refractivity contribution in [2.45, 2.75) is 38.1 Å². The number of anilines is 1. The van der Waals surface area contributed by atoms with Gasteiger partial charge in [-0.15, -0.1) is 12.4 Å². The van der Waals surface area contributed by atoms with Gasteiger partial charge in [-0.2, -0.15) is 0 Å². The molecule has 25 heavy (non-hydrogen) atoms. The Bertz CT molecular complexity index is 630. The van der Waals surface area contributed by atoms with Gasteiger partial charge in [0.1, 0.15) is 0 Å². The second kappa shape index (κ2) is 9.39. The summed E-state index contributed by atoms with van der Waals surface area (Å²) < 4.78 is 0. The van der Waals surface area contributed by atoms with Crippen molar-refractivity contribution < 1.29 is 14.4 Å². The predicted molar refractivity (Wildman–Crippen MR) is 98.7 cm³/mol. The molecule has 7 nitrogen and oxygen atoms in total. The molecule has 0 bridgehead atoms. The van der Waals surface area contributed by atoms with Crippen LogP contribution in [0.25, 0.3) is 0 Å². The number of primary amides is 1. The summed E-state index contributed by atoms with van der Waals surface area (Å²) in [4.78, 5) is 35.3. The number of rotatable bonds is 7. The maximum absolute atomic E-state index is 12.6. The minimum Gasteiger partial charge on any atom is -0.370 e. The van der Waals surface area contributed by atoms with Crippen LogP contribution in [-0.2, 0) is 9.59 Å². The molecule has 1 aliphatic rings. The second-order valence-electron chi connectivity index (χ2n) is 5.97. The van der Waals surface area contributed by atoms with Gasteiger partial charge in [0.05, 0.1) is 5.54 Å². The normalized spacial score (nSPS) is 18.9. The molecule has 1 aromatic rings. The van der Waals surface area contributed by atoms with Crippen molar-refractivity contribution in [1.82, 2.24) is 10.6 Å².